The van der Waals surface area contributed by atoms with Crippen LogP contribution < -0.4 is 5.32 Å². The quantitative estimate of drug-likeness (QED) is 0.687. The number of nitrogens with one attached hydrogen (secondary N) is 1. The SMILES string of the molecule is O=C(Nc1cc(Br)c2ccccc2c1)OCc1ccccc1. The Bertz CT molecular complexity index is 803. The third-order valence-corrected chi connectivity index (χ3v) is 3.93. The molecule has 1 amide bonds. The van der Waals surface area contributed by atoms with Gasteiger partial charge in [0.1, 0.15) is 6.61 Å². The first kappa shape index (κ1) is 14.6. The molecular formula is C18H14BrNO2. The number of ether oxygens (including phenoxy) is 1. The van der Waals surface area contributed by atoms with Crippen LogP contribution in [0.5, 0.6) is 0 Å². The van der Waals surface area contributed by atoms with Crippen molar-refractivity contribution in [1.29, 1.82) is 0 Å². The summed E-state index contributed by atoms with van der Waals surface area (Å²) in [6.07, 6.45) is -0.467. The number of anilines is 1. The van der Waals surface area contributed by atoms with Gasteiger partial charge < -0.3 is 4.74 Å². The monoisotopic (exact) mass is 355 g/mol. The van der Waals surface area contributed by atoms with Crippen LogP contribution in [0.15, 0.2) is 71.2 Å². The van der Waals surface area contributed by atoms with Crippen LogP contribution >= 0.6 is 15.9 Å². The minimum atomic E-state index is -0.467. The molecule has 110 valence electrons. The number of hydrogen-bond donors (Lipinski definition) is 1. The molecule has 0 spiro atoms. The van der Waals surface area contributed by atoms with Gasteiger partial charge in [-0.05, 0) is 28.5 Å². The van der Waals surface area contributed by atoms with E-state index in [2.05, 4.69) is 21.2 Å². The highest BCUT2D eigenvalue weighted by molar-refractivity contribution is 9.10. The second-order valence-corrected chi connectivity index (χ2v) is 5.72. The van der Waals surface area contributed by atoms with Gasteiger partial charge in [-0.15, -0.1) is 0 Å². The van der Waals surface area contributed by atoms with Crippen molar-refractivity contribution in [2.45, 2.75) is 6.61 Å². The predicted octanol–water partition coefficient (Wildman–Crippen LogP) is 5.35. The van der Waals surface area contributed by atoms with E-state index in [9.17, 15) is 4.79 Å². The topological polar surface area (TPSA) is 38.3 Å². The number of fused-ring (bicyclic) bond motifs is 1. The summed E-state index contributed by atoms with van der Waals surface area (Å²) in [6, 6.07) is 21.3. The lowest BCUT2D eigenvalue weighted by Crippen LogP contribution is -2.13. The van der Waals surface area contributed by atoms with Crippen LogP contribution in [0.2, 0.25) is 0 Å². The summed E-state index contributed by atoms with van der Waals surface area (Å²) in [4.78, 5) is 11.9. The smallest absolute Gasteiger partial charge is 0.411 e. The Morgan fingerprint density at radius 1 is 1.00 bits per heavy atom. The van der Waals surface area contributed by atoms with Crippen LogP contribution in [0, 0.1) is 0 Å². The van der Waals surface area contributed by atoms with Crippen molar-refractivity contribution in [2.24, 2.45) is 0 Å². The maximum atomic E-state index is 11.9. The first-order chi connectivity index (χ1) is 10.7. The fourth-order valence-electron chi connectivity index (χ4n) is 2.21. The van der Waals surface area contributed by atoms with E-state index in [1.165, 1.54) is 0 Å². The summed E-state index contributed by atoms with van der Waals surface area (Å²) in [7, 11) is 0. The van der Waals surface area contributed by atoms with E-state index < -0.39 is 6.09 Å². The molecule has 0 aliphatic heterocycles. The van der Waals surface area contributed by atoms with Gasteiger partial charge in [-0.25, -0.2) is 4.79 Å². The van der Waals surface area contributed by atoms with Crippen molar-refractivity contribution in [3.05, 3.63) is 76.8 Å². The molecule has 0 aliphatic rings. The molecule has 0 aromatic heterocycles. The van der Waals surface area contributed by atoms with Crippen molar-refractivity contribution >= 4 is 38.5 Å². The molecule has 0 atom stereocenters. The van der Waals surface area contributed by atoms with Gasteiger partial charge in [-0.3, -0.25) is 5.32 Å². The molecular weight excluding hydrogens is 342 g/mol. The van der Waals surface area contributed by atoms with E-state index in [-0.39, 0.29) is 6.61 Å². The van der Waals surface area contributed by atoms with Crippen LogP contribution in [-0.2, 0) is 11.3 Å². The van der Waals surface area contributed by atoms with Gasteiger partial charge in [0.15, 0.2) is 0 Å². The molecule has 0 heterocycles. The maximum absolute atomic E-state index is 11.9. The Hall–Kier alpha value is -2.33. The van der Waals surface area contributed by atoms with E-state index in [1.807, 2.05) is 66.7 Å². The predicted molar refractivity (Wildman–Crippen MR) is 91.9 cm³/mol. The van der Waals surface area contributed by atoms with Crippen LogP contribution in [0.3, 0.4) is 0 Å². The Labute approximate surface area is 137 Å². The zero-order valence-electron chi connectivity index (χ0n) is 11.8. The number of hydrogen-bond acceptors (Lipinski definition) is 2. The molecule has 1 N–H and O–H groups in total. The second kappa shape index (κ2) is 6.62. The van der Waals surface area contributed by atoms with Crippen molar-refractivity contribution in [3.8, 4) is 0 Å². The number of rotatable bonds is 3. The van der Waals surface area contributed by atoms with Gasteiger partial charge in [-0.2, -0.15) is 0 Å². The summed E-state index contributed by atoms with van der Waals surface area (Å²) in [5.74, 6) is 0. The third-order valence-electron chi connectivity index (χ3n) is 3.27. The fraction of sp³-hybridized carbons (Fsp3) is 0.0556. The molecule has 0 unspecified atom stereocenters. The number of carbonyl (C=O) groups is 1. The summed E-state index contributed by atoms with van der Waals surface area (Å²) >= 11 is 3.52. The molecule has 0 saturated heterocycles. The van der Waals surface area contributed by atoms with Crippen molar-refractivity contribution in [3.63, 3.8) is 0 Å². The Kier molecular flexibility index (Phi) is 4.39. The van der Waals surface area contributed by atoms with E-state index in [0.29, 0.717) is 5.69 Å². The second-order valence-electron chi connectivity index (χ2n) is 4.87. The Balaban J connectivity index is 1.69. The molecule has 0 radical (unpaired) electrons. The zero-order valence-corrected chi connectivity index (χ0v) is 13.3. The minimum absolute atomic E-state index is 0.251. The van der Waals surface area contributed by atoms with Crippen molar-refractivity contribution in [1.82, 2.24) is 0 Å². The molecule has 3 aromatic carbocycles. The molecule has 3 nitrogen and oxygen atoms in total. The molecule has 3 rings (SSSR count). The van der Waals surface area contributed by atoms with Crippen LogP contribution in [0.25, 0.3) is 10.8 Å². The largest absolute Gasteiger partial charge is 0.444 e. The van der Waals surface area contributed by atoms with E-state index >= 15 is 0 Å². The van der Waals surface area contributed by atoms with Crippen molar-refractivity contribution in [2.75, 3.05) is 5.32 Å². The molecule has 0 fully saturated rings. The minimum Gasteiger partial charge on any atom is -0.444 e. The molecule has 0 bridgehead atoms. The van der Waals surface area contributed by atoms with E-state index in [0.717, 1.165) is 20.8 Å². The fourth-order valence-corrected chi connectivity index (χ4v) is 2.82. The normalized spacial score (nSPS) is 10.4. The van der Waals surface area contributed by atoms with Gasteiger partial charge in [0.25, 0.3) is 0 Å². The summed E-state index contributed by atoms with van der Waals surface area (Å²) in [5, 5.41) is 4.91. The van der Waals surface area contributed by atoms with Crippen LogP contribution in [-0.4, -0.2) is 6.09 Å². The first-order valence-corrected chi connectivity index (χ1v) is 7.68. The molecule has 22 heavy (non-hydrogen) atoms. The standard InChI is InChI=1S/C18H14BrNO2/c19-17-11-15(10-14-8-4-5-9-16(14)17)20-18(21)22-12-13-6-2-1-3-7-13/h1-11H,12H2,(H,20,21). The Morgan fingerprint density at radius 3 is 2.55 bits per heavy atom. The average molecular weight is 356 g/mol. The van der Waals surface area contributed by atoms with Gasteiger partial charge >= 0.3 is 6.09 Å². The van der Waals surface area contributed by atoms with E-state index in [4.69, 9.17) is 4.74 Å². The number of amides is 1. The van der Waals surface area contributed by atoms with Crippen LogP contribution in [0.4, 0.5) is 10.5 Å². The lowest BCUT2D eigenvalue weighted by atomic mass is 10.1. The summed E-state index contributed by atoms with van der Waals surface area (Å²) in [5.41, 5.74) is 1.65. The lowest BCUT2D eigenvalue weighted by Gasteiger charge is -2.09. The molecule has 0 aliphatic carbocycles. The summed E-state index contributed by atoms with van der Waals surface area (Å²) < 4.78 is 6.15. The van der Waals surface area contributed by atoms with Gasteiger partial charge in [0, 0.05) is 10.2 Å². The highest BCUT2D eigenvalue weighted by Gasteiger charge is 2.06. The highest BCUT2D eigenvalue weighted by atomic mass is 79.9. The van der Waals surface area contributed by atoms with Crippen LogP contribution in [0.1, 0.15) is 5.56 Å². The highest BCUT2D eigenvalue weighted by Crippen LogP contribution is 2.28. The lowest BCUT2D eigenvalue weighted by molar-refractivity contribution is 0.155. The molecule has 0 saturated carbocycles. The molecule has 3 aromatic rings. The van der Waals surface area contributed by atoms with Gasteiger partial charge in [0.05, 0.1) is 0 Å². The van der Waals surface area contributed by atoms with Gasteiger partial charge in [-0.1, -0.05) is 70.5 Å². The van der Waals surface area contributed by atoms with Gasteiger partial charge in [0.2, 0.25) is 0 Å². The number of halogens is 1. The zero-order chi connectivity index (χ0) is 15.4. The number of benzene rings is 3. The average Bonchev–Trinajstić information content (AvgIpc) is 2.54. The van der Waals surface area contributed by atoms with E-state index in [1.54, 1.807) is 0 Å². The van der Waals surface area contributed by atoms with Crippen molar-refractivity contribution < 1.29 is 9.53 Å². The third kappa shape index (κ3) is 3.46. The summed E-state index contributed by atoms with van der Waals surface area (Å²) in [6.45, 7) is 0.251. The number of carbonyl (C=O) groups excluding carboxylic acids is 1. The maximum Gasteiger partial charge on any atom is 0.411 e. The first-order valence-electron chi connectivity index (χ1n) is 6.88. The Morgan fingerprint density at radius 2 is 1.73 bits per heavy atom. The molecule has 4 heteroatoms.